The van der Waals surface area contributed by atoms with Crippen molar-refractivity contribution in [3.8, 4) is 11.5 Å². The van der Waals surface area contributed by atoms with E-state index in [4.69, 9.17) is 9.47 Å². The molecular weight excluding hydrogens is 356 g/mol. The number of para-hydroxylation sites is 1. The van der Waals surface area contributed by atoms with Crippen LogP contribution in [-0.4, -0.2) is 32.6 Å². The lowest BCUT2D eigenvalue weighted by atomic mass is 10.1. The Labute approximate surface area is 165 Å². The van der Waals surface area contributed by atoms with Crippen LogP contribution < -0.4 is 20.1 Å². The summed E-state index contributed by atoms with van der Waals surface area (Å²) < 4.78 is 10.4. The molecule has 0 spiro atoms. The molecule has 0 saturated heterocycles. The summed E-state index contributed by atoms with van der Waals surface area (Å²) >= 11 is 0. The molecule has 0 aromatic heterocycles. The standard InChI is InChI=1S/C22H26N2O4/c1-4-5-14-23-22(26)19(15-16-10-12-17(27-2)13-11-16)24-21(25)18-8-6-7-9-20(18)28-3/h6-13,15H,4-5,14H2,1-3H3,(H,23,26)(H,24,25)/b19-15+. The van der Waals surface area contributed by atoms with Crippen LogP contribution in [0.25, 0.3) is 6.08 Å². The van der Waals surface area contributed by atoms with Gasteiger partial charge < -0.3 is 20.1 Å². The first-order valence-corrected chi connectivity index (χ1v) is 9.17. The van der Waals surface area contributed by atoms with E-state index in [0.717, 1.165) is 18.4 Å². The Morgan fingerprint density at radius 3 is 2.36 bits per heavy atom. The minimum atomic E-state index is -0.414. The molecular formula is C22H26N2O4. The summed E-state index contributed by atoms with van der Waals surface area (Å²) in [6.45, 7) is 2.59. The summed E-state index contributed by atoms with van der Waals surface area (Å²) in [6.07, 6.45) is 3.46. The van der Waals surface area contributed by atoms with E-state index in [1.54, 1.807) is 49.6 Å². The molecule has 148 valence electrons. The second-order valence-electron chi connectivity index (χ2n) is 6.10. The number of carbonyl (C=O) groups excluding carboxylic acids is 2. The van der Waals surface area contributed by atoms with Gasteiger partial charge in [0, 0.05) is 6.54 Å². The molecule has 2 aromatic carbocycles. The Hall–Kier alpha value is -3.28. The van der Waals surface area contributed by atoms with Crippen LogP contribution in [0.1, 0.15) is 35.7 Å². The van der Waals surface area contributed by atoms with E-state index >= 15 is 0 Å². The lowest BCUT2D eigenvalue weighted by Crippen LogP contribution is -2.35. The Bertz CT molecular complexity index is 829. The number of hydrogen-bond acceptors (Lipinski definition) is 4. The van der Waals surface area contributed by atoms with Crippen LogP contribution in [0.5, 0.6) is 11.5 Å². The maximum absolute atomic E-state index is 12.7. The molecule has 0 bridgehead atoms. The fourth-order valence-corrected chi connectivity index (χ4v) is 2.52. The van der Waals surface area contributed by atoms with Gasteiger partial charge in [0.15, 0.2) is 0 Å². The van der Waals surface area contributed by atoms with Gasteiger partial charge in [-0.2, -0.15) is 0 Å². The van der Waals surface area contributed by atoms with Crippen LogP contribution in [0.2, 0.25) is 0 Å². The molecule has 2 aromatic rings. The molecule has 0 aliphatic rings. The number of rotatable bonds is 9. The van der Waals surface area contributed by atoms with Crippen LogP contribution >= 0.6 is 0 Å². The van der Waals surface area contributed by atoms with Crippen molar-refractivity contribution in [2.24, 2.45) is 0 Å². The van der Waals surface area contributed by atoms with Gasteiger partial charge in [0.2, 0.25) is 0 Å². The van der Waals surface area contributed by atoms with E-state index in [0.29, 0.717) is 23.6 Å². The number of nitrogens with one attached hydrogen (secondary N) is 2. The summed E-state index contributed by atoms with van der Waals surface area (Å²) in [5, 5.41) is 5.54. The maximum Gasteiger partial charge on any atom is 0.267 e. The molecule has 0 heterocycles. The van der Waals surface area contributed by atoms with Gasteiger partial charge in [0.05, 0.1) is 19.8 Å². The highest BCUT2D eigenvalue weighted by Crippen LogP contribution is 2.18. The van der Waals surface area contributed by atoms with Gasteiger partial charge in [-0.05, 0) is 42.3 Å². The first-order chi connectivity index (χ1) is 13.6. The lowest BCUT2D eigenvalue weighted by molar-refractivity contribution is -0.117. The minimum Gasteiger partial charge on any atom is -0.497 e. The molecule has 0 aliphatic carbocycles. The largest absolute Gasteiger partial charge is 0.497 e. The van der Waals surface area contributed by atoms with E-state index in [1.807, 2.05) is 19.1 Å². The summed E-state index contributed by atoms with van der Waals surface area (Å²) in [5.74, 6) is 0.398. The quantitative estimate of drug-likeness (QED) is 0.515. The van der Waals surface area contributed by atoms with Crippen molar-refractivity contribution in [3.63, 3.8) is 0 Å². The van der Waals surface area contributed by atoms with Crippen LogP contribution in [0.15, 0.2) is 54.2 Å². The average molecular weight is 382 g/mol. The minimum absolute atomic E-state index is 0.164. The lowest BCUT2D eigenvalue weighted by Gasteiger charge is -2.13. The van der Waals surface area contributed by atoms with Crippen LogP contribution in [-0.2, 0) is 4.79 Å². The smallest absolute Gasteiger partial charge is 0.267 e. The Kier molecular flexibility index (Phi) is 8.09. The first kappa shape index (κ1) is 21.0. The van der Waals surface area contributed by atoms with E-state index < -0.39 is 5.91 Å². The number of amides is 2. The Morgan fingerprint density at radius 1 is 1.00 bits per heavy atom. The van der Waals surface area contributed by atoms with Gasteiger partial charge >= 0.3 is 0 Å². The molecule has 6 heteroatoms. The van der Waals surface area contributed by atoms with Crippen molar-refractivity contribution in [2.45, 2.75) is 19.8 Å². The fraction of sp³-hybridized carbons (Fsp3) is 0.273. The predicted molar refractivity (Wildman–Crippen MR) is 109 cm³/mol. The summed E-state index contributed by atoms with van der Waals surface area (Å²) in [6, 6.07) is 14.1. The summed E-state index contributed by atoms with van der Waals surface area (Å²) in [5.41, 5.74) is 1.28. The number of unbranched alkanes of at least 4 members (excludes halogenated alkanes) is 1. The van der Waals surface area contributed by atoms with Gasteiger partial charge in [-0.3, -0.25) is 9.59 Å². The monoisotopic (exact) mass is 382 g/mol. The number of ether oxygens (including phenoxy) is 2. The highest BCUT2D eigenvalue weighted by molar-refractivity contribution is 6.06. The third kappa shape index (κ3) is 5.87. The number of hydrogen-bond donors (Lipinski definition) is 2. The third-order valence-corrected chi connectivity index (χ3v) is 4.09. The van der Waals surface area contributed by atoms with Crippen molar-refractivity contribution in [3.05, 3.63) is 65.4 Å². The van der Waals surface area contributed by atoms with Crippen molar-refractivity contribution >= 4 is 17.9 Å². The maximum atomic E-state index is 12.7. The zero-order chi connectivity index (χ0) is 20.4. The van der Waals surface area contributed by atoms with Crippen molar-refractivity contribution in [2.75, 3.05) is 20.8 Å². The molecule has 0 saturated carbocycles. The molecule has 6 nitrogen and oxygen atoms in total. The molecule has 0 radical (unpaired) electrons. The van der Waals surface area contributed by atoms with Gasteiger partial charge in [-0.1, -0.05) is 37.6 Å². The first-order valence-electron chi connectivity index (χ1n) is 9.17. The van der Waals surface area contributed by atoms with Gasteiger partial charge in [-0.15, -0.1) is 0 Å². The van der Waals surface area contributed by atoms with Gasteiger partial charge in [-0.25, -0.2) is 0 Å². The van der Waals surface area contributed by atoms with Crippen molar-refractivity contribution < 1.29 is 19.1 Å². The van der Waals surface area contributed by atoms with Gasteiger partial charge in [0.1, 0.15) is 17.2 Å². The van der Waals surface area contributed by atoms with E-state index in [1.165, 1.54) is 7.11 Å². The van der Waals surface area contributed by atoms with Crippen LogP contribution in [0.3, 0.4) is 0 Å². The van der Waals surface area contributed by atoms with Crippen LogP contribution in [0, 0.1) is 0 Å². The zero-order valence-electron chi connectivity index (χ0n) is 16.5. The molecule has 28 heavy (non-hydrogen) atoms. The third-order valence-electron chi connectivity index (χ3n) is 4.09. The predicted octanol–water partition coefficient (Wildman–Crippen LogP) is 3.39. The number of carbonyl (C=O) groups is 2. The van der Waals surface area contributed by atoms with E-state index in [-0.39, 0.29) is 11.6 Å². The number of benzene rings is 2. The Balaban J connectivity index is 2.27. The topological polar surface area (TPSA) is 76.7 Å². The zero-order valence-corrected chi connectivity index (χ0v) is 16.5. The Morgan fingerprint density at radius 2 is 1.71 bits per heavy atom. The molecule has 2 N–H and O–H groups in total. The molecule has 2 amide bonds. The van der Waals surface area contributed by atoms with Crippen molar-refractivity contribution in [1.82, 2.24) is 10.6 Å². The SMILES string of the molecule is CCCCNC(=O)/C(=C\c1ccc(OC)cc1)NC(=O)c1ccccc1OC. The van der Waals surface area contributed by atoms with E-state index in [2.05, 4.69) is 10.6 Å². The second-order valence-corrected chi connectivity index (χ2v) is 6.10. The van der Waals surface area contributed by atoms with Gasteiger partial charge in [0.25, 0.3) is 11.8 Å². The fourth-order valence-electron chi connectivity index (χ4n) is 2.52. The molecule has 0 atom stereocenters. The highest BCUT2D eigenvalue weighted by atomic mass is 16.5. The average Bonchev–Trinajstić information content (AvgIpc) is 2.73. The number of methoxy groups -OCH3 is 2. The summed E-state index contributed by atoms with van der Waals surface area (Å²) in [4.78, 5) is 25.3. The summed E-state index contributed by atoms with van der Waals surface area (Å²) in [7, 11) is 3.09. The molecule has 0 aliphatic heterocycles. The molecule has 0 fully saturated rings. The normalized spacial score (nSPS) is 10.9. The molecule has 2 rings (SSSR count). The highest BCUT2D eigenvalue weighted by Gasteiger charge is 2.17. The van der Waals surface area contributed by atoms with E-state index in [9.17, 15) is 9.59 Å². The second kappa shape index (κ2) is 10.8. The molecule has 0 unspecified atom stereocenters. The van der Waals surface area contributed by atoms with Crippen molar-refractivity contribution in [1.29, 1.82) is 0 Å². The van der Waals surface area contributed by atoms with Crippen LogP contribution in [0.4, 0.5) is 0 Å².